The van der Waals surface area contributed by atoms with E-state index in [9.17, 15) is 14.0 Å². The molecular formula is C23H18Br2FN3O3. The van der Waals surface area contributed by atoms with Crippen molar-refractivity contribution < 1.29 is 18.7 Å². The maximum atomic E-state index is 13.4. The molecule has 0 atom stereocenters. The molecule has 0 bridgehead atoms. The van der Waals surface area contributed by atoms with Crippen LogP contribution in [-0.2, 0) is 4.79 Å². The number of hydrazone groups is 1. The number of carbonyl (C=O) groups excluding carboxylic acids is 2. The van der Waals surface area contributed by atoms with Crippen LogP contribution in [0.15, 0.2) is 74.7 Å². The van der Waals surface area contributed by atoms with Crippen LogP contribution in [0.1, 0.15) is 21.5 Å². The van der Waals surface area contributed by atoms with Crippen LogP contribution in [0, 0.1) is 12.7 Å². The van der Waals surface area contributed by atoms with Gasteiger partial charge in [0, 0.05) is 15.7 Å². The number of hydrogen-bond acceptors (Lipinski definition) is 5. The zero-order valence-corrected chi connectivity index (χ0v) is 20.0. The van der Waals surface area contributed by atoms with Crippen LogP contribution in [0.3, 0.4) is 0 Å². The van der Waals surface area contributed by atoms with Gasteiger partial charge in [-0.25, -0.2) is 14.6 Å². The second-order valence-corrected chi connectivity index (χ2v) is 8.49. The number of esters is 1. The highest BCUT2D eigenvalue weighted by molar-refractivity contribution is 9.11. The van der Waals surface area contributed by atoms with Crippen molar-refractivity contribution in [1.82, 2.24) is 5.43 Å². The zero-order valence-electron chi connectivity index (χ0n) is 16.9. The van der Waals surface area contributed by atoms with E-state index in [0.29, 0.717) is 14.5 Å². The number of nitrogens with zero attached hydrogens (tertiary/aromatic N) is 1. The third kappa shape index (κ3) is 6.73. The molecule has 0 unspecified atom stereocenters. The summed E-state index contributed by atoms with van der Waals surface area (Å²) in [5, 5.41) is 6.96. The highest BCUT2D eigenvalue weighted by atomic mass is 79.9. The first kappa shape index (κ1) is 23.6. The van der Waals surface area contributed by atoms with Crippen LogP contribution in [0.4, 0.5) is 10.1 Å². The van der Waals surface area contributed by atoms with Crippen molar-refractivity contribution >= 4 is 55.6 Å². The zero-order chi connectivity index (χ0) is 23.1. The smallest absolute Gasteiger partial charge is 0.343 e. The number of aryl methyl sites for hydroxylation is 1. The number of hydrogen-bond donors (Lipinski definition) is 2. The van der Waals surface area contributed by atoms with Gasteiger partial charge in [-0.1, -0.05) is 34.1 Å². The van der Waals surface area contributed by atoms with Gasteiger partial charge in [0.05, 0.1) is 22.8 Å². The molecule has 0 fully saturated rings. The second-order valence-electron chi connectivity index (χ2n) is 6.72. The first-order valence-electron chi connectivity index (χ1n) is 9.41. The number of amides is 1. The van der Waals surface area contributed by atoms with E-state index in [1.54, 1.807) is 12.1 Å². The topological polar surface area (TPSA) is 79.8 Å². The molecule has 0 aliphatic carbocycles. The minimum Gasteiger partial charge on any atom is -0.421 e. The fourth-order valence-corrected chi connectivity index (χ4v) is 4.04. The fraction of sp³-hybridized carbons (Fsp3) is 0.0870. The van der Waals surface area contributed by atoms with Crippen LogP contribution >= 0.6 is 31.9 Å². The number of anilines is 1. The van der Waals surface area contributed by atoms with E-state index in [1.807, 2.05) is 31.2 Å². The first-order valence-corrected chi connectivity index (χ1v) is 11.0. The van der Waals surface area contributed by atoms with E-state index < -0.39 is 11.8 Å². The van der Waals surface area contributed by atoms with Gasteiger partial charge in [-0.2, -0.15) is 5.10 Å². The van der Waals surface area contributed by atoms with Crippen molar-refractivity contribution in [2.24, 2.45) is 5.10 Å². The van der Waals surface area contributed by atoms with Gasteiger partial charge in [0.1, 0.15) is 5.82 Å². The highest BCUT2D eigenvalue weighted by Gasteiger charge is 2.16. The summed E-state index contributed by atoms with van der Waals surface area (Å²) < 4.78 is 20.1. The van der Waals surface area contributed by atoms with Gasteiger partial charge in [-0.05, 0) is 70.9 Å². The molecule has 6 nitrogen and oxygen atoms in total. The van der Waals surface area contributed by atoms with Crippen molar-refractivity contribution in [3.05, 3.63) is 92.1 Å². The molecular weight excluding hydrogens is 545 g/mol. The number of halogens is 3. The maximum absolute atomic E-state index is 13.4. The summed E-state index contributed by atoms with van der Waals surface area (Å²) in [6.45, 7) is 1.99. The average molecular weight is 563 g/mol. The summed E-state index contributed by atoms with van der Waals surface area (Å²) >= 11 is 6.72. The number of rotatable bonds is 7. The Balaban J connectivity index is 1.68. The number of nitrogens with one attached hydrogen (secondary N) is 2. The molecule has 0 aromatic heterocycles. The molecule has 0 aliphatic rings. The van der Waals surface area contributed by atoms with Crippen LogP contribution in [0.2, 0.25) is 0 Å². The molecule has 0 heterocycles. The van der Waals surface area contributed by atoms with Crippen molar-refractivity contribution in [3.63, 3.8) is 0 Å². The lowest BCUT2D eigenvalue weighted by atomic mass is 10.2. The quantitative estimate of drug-likeness (QED) is 0.174. The Bertz CT molecular complexity index is 1180. The van der Waals surface area contributed by atoms with E-state index in [4.69, 9.17) is 4.74 Å². The van der Waals surface area contributed by atoms with E-state index in [2.05, 4.69) is 47.7 Å². The van der Waals surface area contributed by atoms with Gasteiger partial charge in [0.15, 0.2) is 5.75 Å². The van der Waals surface area contributed by atoms with Gasteiger partial charge in [-0.15, -0.1) is 0 Å². The van der Waals surface area contributed by atoms with Crippen LogP contribution in [0.25, 0.3) is 0 Å². The first-order chi connectivity index (χ1) is 15.3. The maximum Gasteiger partial charge on any atom is 0.343 e. The molecule has 164 valence electrons. The van der Waals surface area contributed by atoms with Gasteiger partial charge >= 0.3 is 5.97 Å². The lowest BCUT2D eigenvalue weighted by Crippen LogP contribution is -2.25. The monoisotopic (exact) mass is 561 g/mol. The third-order valence-electron chi connectivity index (χ3n) is 4.16. The van der Waals surface area contributed by atoms with Crippen molar-refractivity contribution in [2.45, 2.75) is 6.92 Å². The molecule has 0 aliphatic heterocycles. The molecule has 0 radical (unpaired) electrons. The molecule has 1 amide bonds. The van der Waals surface area contributed by atoms with Crippen molar-refractivity contribution in [2.75, 3.05) is 11.9 Å². The predicted molar refractivity (Wildman–Crippen MR) is 129 cm³/mol. The molecule has 0 spiro atoms. The summed E-state index contributed by atoms with van der Waals surface area (Å²) in [5.41, 5.74) is 4.81. The van der Waals surface area contributed by atoms with Crippen LogP contribution in [-0.4, -0.2) is 24.6 Å². The van der Waals surface area contributed by atoms with E-state index in [1.165, 1.54) is 24.4 Å². The Morgan fingerprint density at radius 1 is 1.09 bits per heavy atom. The Hall–Kier alpha value is -3.04. The average Bonchev–Trinajstić information content (AvgIpc) is 2.74. The van der Waals surface area contributed by atoms with Gasteiger partial charge < -0.3 is 10.1 Å². The Kier molecular flexibility index (Phi) is 8.13. The normalized spacial score (nSPS) is 10.8. The Morgan fingerprint density at radius 3 is 2.62 bits per heavy atom. The lowest BCUT2D eigenvalue weighted by molar-refractivity contribution is -0.119. The van der Waals surface area contributed by atoms with Gasteiger partial charge in [0.2, 0.25) is 0 Å². The SMILES string of the molecule is Cc1cccc(NCC(=O)N/N=C\c2cc(Br)cc(Br)c2OC(=O)c2cccc(F)c2)c1. The van der Waals surface area contributed by atoms with Crippen LogP contribution < -0.4 is 15.5 Å². The summed E-state index contributed by atoms with van der Waals surface area (Å²) in [4.78, 5) is 24.5. The standard InChI is InChI=1S/C23H18Br2FN3O3/c1-14-4-2-7-19(8-14)27-13-21(30)29-28-12-16-9-17(24)11-20(25)22(16)32-23(31)15-5-3-6-18(26)10-15/h2-12,27H,13H2,1H3,(H,29,30)/b28-12-. The minimum absolute atomic E-state index is 0.0321. The Morgan fingerprint density at radius 2 is 1.88 bits per heavy atom. The number of benzene rings is 3. The summed E-state index contributed by atoms with van der Waals surface area (Å²) in [6, 6.07) is 16.2. The van der Waals surface area contributed by atoms with Gasteiger partial charge in [-0.3, -0.25) is 4.79 Å². The summed E-state index contributed by atoms with van der Waals surface area (Å²) in [5.74, 6) is -1.44. The predicted octanol–water partition coefficient (Wildman–Crippen LogP) is 5.44. The molecule has 3 aromatic carbocycles. The van der Waals surface area contributed by atoms with E-state index in [-0.39, 0.29) is 23.8 Å². The van der Waals surface area contributed by atoms with E-state index >= 15 is 0 Å². The molecule has 3 aromatic rings. The fourth-order valence-electron chi connectivity index (χ4n) is 2.70. The second kappa shape index (κ2) is 11.0. The molecule has 9 heteroatoms. The highest BCUT2D eigenvalue weighted by Crippen LogP contribution is 2.32. The molecule has 0 saturated heterocycles. The van der Waals surface area contributed by atoms with Crippen molar-refractivity contribution in [1.29, 1.82) is 0 Å². The molecule has 2 N–H and O–H groups in total. The molecule has 32 heavy (non-hydrogen) atoms. The lowest BCUT2D eigenvalue weighted by Gasteiger charge is -2.11. The minimum atomic E-state index is -0.728. The Labute approximate surface area is 201 Å². The number of carbonyl (C=O) groups is 2. The largest absolute Gasteiger partial charge is 0.421 e. The van der Waals surface area contributed by atoms with Gasteiger partial charge in [0.25, 0.3) is 5.91 Å². The number of ether oxygens (including phenoxy) is 1. The molecule has 3 rings (SSSR count). The summed E-state index contributed by atoms with van der Waals surface area (Å²) in [6.07, 6.45) is 1.36. The summed E-state index contributed by atoms with van der Waals surface area (Å²) in [7, 11) is 0. The van der Waals surface area contributed by atoms with Crippen molar-refractivity contribution in [3.8, 4) is 5.75 Å². The third-order valence-corrected chi connectivity index (χ3v) is 5.20. The molecule has 0 saturated carbocycles. The van der Waals surface area contributed by atoms with E-state index in [0.717, 1.165) is 17.3 Å². The van der Waals surface area contributed by atoms with Crippen LogP contribution in [0.5, 0.6) is 5.75 Å².